The number of hydrogen-bond acceptors (Lipinski definition) is 6. The van der Waals surface area contributed by atoms with Gasteiger partial charge in [0.25, 0.3) is 0 Å². The number of ether oxygens (including phenoxy) is 1. The molecule has 2 rings (SSSR count). The molecule has 0 saturated heterocycles. The fourth-order valence-corrected chi connectivity index (χ4v) is 1.29. The summed E-state index contributed by atoms with van der Waals surface area (Å²) < 4.78 is 45.5. The first-order chi connectivity index (χ1) is 8.98. The van der Waals surface area contributed by atoms with Crippen molar-refractivity contribution in [3.05, 3.63) is 30.2 Å². The minimum absolute atomic E-state index is 0.0371. The molecule has 0 unspecified atom stereocenters. The maximum absolute atomic E-state index is 12.2. The lowest BCUT2D eigenvalue weighted by molar-refractivity contribution is -0.274. The third-order valence-corrected chi connectivity index (χ3v) is 2.00. The van der Waals surface area contributed by atoms with Gasteiger partial charge < -0.3 is 20.2 Å². The first kappa shape index (κ1) is 13.1. The van der Waals surface area contributed by atoms with Crippen LogP contribution in [0.25, 0.3) is 0 Å². The highest BCUT2D eigenvalue weighted by Crippen LogP contribution is 2.31. The summed E-state index contributed by atoms with van der Waals surface area (Å²) in [4.78, 5) is 0. The van der Waals surface area contributed by atoms with Crippen LogP contribution >= 0.6 is 0 Å². The molecule has 9 heteroatoms. The normalized spacial score (nSPS) is 11.4. The lowest BCUT2D eigenvalue weighted by Gasteiger charge is -2.12. The molecule has 0 atom stereocenters. The highest BCUT2D eigenvalue weighted by atomic mass is 19.4. The first-order valence-corrected chi connectivity index (χ1v) is 5.12. The van der Waals surface area contributed by atoms with E-state index in [1.165, 1.54) is 18.2 Å². The molecule has 0 aliphatic rings. The Balaban J connectivity index is 2.20. The van der Waals surface area contributed by atoms with E-state index in [9.17, 15) is 13.2 Å². The molecule has 1 aromatic carbocycles. The maximum atomic E-state index is 12.2. The van der Waals surface area contributed by atoms with Crippen LogP contribution in [0.2, 0.25) is 0 Å². The van der Waals surface area contributed by atoms with Gasteiger partial charge in [-0.1, -0.05) is 17.2 Å². The summed E-state index contributed by atoms with van der Waals surface area (Å²) in [6.45, 7) is 0.0371. The molecule has 1 heterocycles. The number of aromatic nitrogens is 2. The quantitative estimate of drug-likeness (QED) is 0.888. The van der Waals surface area contributed by atoms with Gasteiger partial charge >= 0.3 is 12.4 Å². The van der Waals surface area contributed by atoms with E-state index < -0.39 is 12.1 Å². The molecule has 0 aliphatic carbocycles. The van der Waals surface area contributed by atoms with Gasteiger partial charge in [0.1, 0.15) is 0 Å². The van der Waals surface area contributed by atoms with Gasteiger partial charge in [-0.3, -0.25) is 0 Å². The minimum atomic E-state index is -4.78. The van der Waals surface area contributed by atoms with Gasteiger partial charge in [-0.15, -0.1) is 18.3 Å². The SMILES string of the molecule is NCc1nnc(Nc2ccccc2OC(F)(F)F)o1. The van der Waals surface area contributed by atoms with Gasteiger partial charge in [0, 0.05) is 0 Å². The van der Waals surface area contributed by atoms with Crippen molar-refractivity contribution in [2.75, 3.05) is 5.32 Å². The second-order valence-electron chi connectivity index (χ2n) is 3.37. The molecule has 0 spiro atoms. The van der Waals surface area contributed by atoms with Gasteiger partial charge in [0.05, 0.1) is 12.2 Å². The fourth-order valence-electron chi connectivity index (χ4n) is 1.29. The molecule has 0 bridgehead atoms. The van der Waals surface area contributed by atoms with Crippen molar-refractivity contribution in [1.82, 2.24) is 10.2 Å². The number of alkyl halides is 3. The number of nitrogens with two attached hydrogens (primary N) is 1. The second-order valence-corrected chi connectivity index (χ2v) is 3.37. The lowest BCUT2D eigenvalue weighted by Crippen LogP contribution is -2.17. The number of halogens is 3. The summed E-state index contributed by atoms with van der Waals surface area (Å²) in [6.07, 6.45) is -4.78. The minimum Gasteiger partial charge on any atom is -0.406 e. The van der Waals surface area contributed by atoms with Crippen LogP contribution in [0.4, 0.5) is 24.9 Å². The molecule has 19 heavy (non-hydrogen) atoms. The Hall–Kier alpha value is -2.29. The second kappa shape index (κ2) is 5.14. The molecule has 1 aromatic heterocycles. The number of benzene rings is 1. The zero-order chi connectivity index (χ0) is 13.9. The number of hydrogen-bond donors (Lipinski definition) is 2. The Morgan fingerprint density at radius 3 is 2.63 bits per heavy atom. The predicted molar refractivity (Wildman–Crippen MR) is 58.6 cm³/mol. The summed E-state index contributed by atoms with van der Waals surface area (Å²) >= 11 is 0. The Morgan fingerprint density at radius 2 is 2.00 bits per heavy atom. The number of nitrogens with zero attached hydrogens (tertiary/aromatic N) is 2. The topological polar surface area (TPSA) is 86.2 Å². The molecule has 0 radical (unpaired) electrons. The van der Waals surface area contributed by atoms with Gasteiger partial charge in [0.15, 0.2) is 5.75 Å². The van der Waals surface area contributed by atoms with Crippen molar-refractivity contribution in [2.24, 2.45) is 5.73 Å². The van der Waals surface area contributed by atoms with Crippen LogP contribution in [0.15, 0.2) is 28.7 Å². The summed E-state index contributed by atoms with van der Waals surface area (Å²) in [5.41, 5.74) is 5.32. The van der Waals surface area contributed by atoms with Crippen LogP contribution in [0.3, 0.4) is 0 Å². The number of nitrogens with one attached hydrogen (secondary N) is 1. The number of para-hydroxylation sites is 2. The van der Waals surface area contributed by atoms with Gasteiger partial charge in [-0.05, 0) is 12.1 Å². The molecular formula is C10H9F3N4O2. The smallest absolute Gasteiger partial charge is 0.406 e. The first-order valence-electron chi connectivity index (χ1n) is 5.12. The van der Waals surface area contributed by atoms with Crippen molar-refractivity contribution >= 4 is 11.7 Å². The molecule has 6 nitrogen and oxygen atoms in total. The molecule has 102 valence electrons. The molecule has 0 saturated carbocycles. The Kier molecular flexibility index (Phi) is 3.56. The molecular weight excluding hydrogens is 265 g/mol. The molecule has 0 amide bonds. The van der Waals surface area contributed by atoms with E-state index in [4.69, 9.17) is 10.2 Å². The van der Waals surface area contributed by atoms with E-state index >= 15 is 0 Å². The summed E-state index contributed by atoms with van der Waals surface area (Å²) in [5.74, 6) is -0.237. The van der Waals surface area contributed by atoms with E-state index in [-0.39, 0.29) is 24.1 Å². The van der Waals surface area contributed by atoms with Crippen molar-refractivity contribution in [3.63, 3.8) is 0 Å². The average Bonchev–Trinajstić information content (AvgIpc) is 2.78. The lowest BCUT2D eigenvalue weighted by atomic mass is 10.3. The molecule has 3 N–H and O–H groups in total. The number of anilines is 2. The van der Waals surface area contributed by atoms with E-state index in [0.717, 1.165) is 6.07 Å². The predicted octanol–water partition coefficient (Wildman–Crippen LogP) is 2.17. The van der Waals surface area contributed by atoms with Crippen LogP contribution in [0.1, 0.15) is 5.89 Å². The van der Waals surface area contributed by atoms with Crippen molar-refractivity contribution < 1.29 is 22.3 Å². The number of rotatable bonds is 4. The Morgan fingerprint density at radius 1 is 1.26 bits per heavy atom. The third-order valence-electron chi connectivity index (χ3n) is 2.00. The maximum Gasteiger partial charge on any atom is 0.573 e. The Labute approximate surface area is 105 Å². The molecule has 0 aliphatic heterocycles. The highest BCUT2D eigenvalue weighted by molar-refractivity contribution is 5.61. The van der Waals surface area contributed by atoms with Crippen LogP contribution < -0.4 is 15.8 Å². The van der Waals surface area contributed by atoms with Gasteiger partial charge in [0.2, 0.25) is 5.89 Å². The molecule has 0 fully saturated rings. The van der Waals surface area contributed by atoms with Crippen molar-refractivity contribution in [1.29, 1.82) is 0 Å². The van der Waals surface area contributed by atoms with E-state index in [0.29, 0.717) is 0 Å². The fraction of sp³-hybridized carbons (Fsp3) is 0.200. The van der Waals surface area contributed by atoms with Crippen molar-refractivity contribution in [2.45, 2.75) is 12.9 Å². The largest absolute Gasteiger partial charge is 0.573 e. The zero-order valence-corrected chi connectivity index (χ0v) is 9.44. The third kappa shape index (κ3) is 3.58. The zero-order valence-electron chi connectivity index (χ0n) is 9.44. The van der Waals surface area contributed by atoms with Crippen molar-refractivity contribution in [3.8, 4) is 5.75 Å². The Bertz CT molecular complexity index is 556. The van der Waals surface area contributed by atoms with E-state index in [2.05, 4.69) is 20.3 Å². The van der Waals surface area contributed by atoms with E-state index in [1.54, 1.807) is 0 Å². The summed E-state index contributed by atoms with van der Waals surface area (Å²) in [6, 6.07) is 5.42. The van der Waals surface area contributed by atoms with Crippen LogP contribution in [-0.4, -0.2) is 16.6 Å². The van der Waals surface area contributed by atoms with Gasteiger partial charge in [-0.2, -0.15) is 0 Å². The van der Waals surface area contributed by atoms with Crippen LogP contribution in [-0.2, 0) is 6.54 Å². The van der Waals surface area contributed by atoms with Crippen LogP contribution in [0, 0.1) is 0 Å². The summed E-state index contributed by atoms with van der Waals surface area (Å²) in [7, 11) is 0. The van der Waals surface area contributed by atoms with E-state index in [1.807, 2.05) is 0 Å². The average molecular weight is 274 g/mol. The standard InChI is InChI=1S/C10H9F3N4O2/c11-10(12,13)19-7-4-2-1-3-6(7)15-9-17-16-8(5-14)18-9/h1-4H,5,14H2,(H,15,17). The highest BCUT2D eigenvalue weighted by Gasteiger charge is 2.32. The molecule has 2 aromatic rings. The summed E-state index contributed by atoms with van der Waals surface area (Å²) in [5, 5.41) is 9.67. The monoisotopic (exact) mass is 274 g/mol. The van der Waals surface area contributed by atoms with Crippen LogP contribution in [0.5, 0.6) is 5.75 Å². The van der Waals surface area contributed by atoms with Gasteiger partial charge in [-0.25, -0.2) is 0 Å².